The number of nitrogens with two attached hydrogens (primary N) is 2. The number of aromatic amines is 1. The normalized spacial score (nSPS) is 12.9. The number of nitrogens with one attached hydrogen (secondary N) is 2. The zero-order chi connectivity index (χ0) is 11.1. The van der Waals surface area contributed by atoms with Crippen LogP contribution in [-0.4, -0.2) is 30.5 Å². The first-order chi connectivity index (χ1) is 7.22. The monoisotopic (exact) mass is 208 g/mol. The maximum atomic E-state index is 5.56. The Morgan fingerprint density at radius 3 is 2.87 bits per heavy atom. The molecule has 0 aromatic carbocycles. The second-order valence-corrected chi connectivity index (χ2v) is 2.97. The molecule has 0 unspecified atom stereocenters. The molecular weight excluding hydrogens is 192 g/mol. The average Bonchev–Trinajstić information content (AvgIpc) is 2.70. The number of hydrogen-bond donors (Lipinski definition) is 4. The van der Waals surface area contributed by atoms with Crippen molar-refractivity contribution in [2.45, 2.75) is 6.42 Å². The van der Waals surface area contributed by atoms with Crippen LogP contribution >= 0.6 is 0 Å². The zero-order valence-corrected chi connectivity index (χ0v) is 8.70. The SMILES string of the molecule is CN=C(N)NC(N)=NCCc1cc[nH]c1. The Kier molecular flexibility index (Phi) is 4.21. The van der Waals surface area contributed by atoms with Gasteiger partial charge >= 0.3 is 0 Å². The molecule has 0 aliphatic carbocycles. The number of aromatic nitrogens is 1. The Morgan fingerprint density at radius 1 is 1.47 bits per heavy atom. The summed E-state index contributed by atoms with van der Waals surface area (Å²) >= 11 is 0. The highest BCUT2D eigenvalue weighted by molar-refractivity contribution is 5.96. The van der Waals surface area contributed by atoms with E-state index in [1.165, 1.54) is 5.56 Å². The van der Waals surface area contributed by atoms with Gasteiger partial charge < -0.3 is 16.5 Å². The number of H-pyrrole nitrogens is 1. The summed E-state index contributed by atoms with van der Waals surface area (Å²) in [5.74, 6) is 0.548. The molecule has 1 rings (SSSR count). The third-order valence-corrected chi connectivity index (χ3v) is 1.84. The highest BCUT2D eigenvalue weighted by atomic mass is 15.2. The second kappa shape index (κ2) is 5.69. The molecule has 0 atom stereocenters. The van der Waals surface area contributed by atoms with Crippen LogP contribution in [0, 0.1) is 0 Å². The lowest BCUT2D eigenvalue weighted by molar-refractivity contribution is 0.956. The van der Waals surface area contributed by atoms with Gasteiger partial charge in [-0.05, 0) is 18.1 Å². The number of hydrogen-bond acceptors (Lipinski definition) is 2. The van der Waals surface area contributed by atoms with Gasteiger partial charge in [0.1, 0.15) is 0 Å². The van der Waals surface area contributed by atoms with Gasteiger partial charge in [-0.3, -0.25) is 15.3 Å². The third kappa shape index (κ3) is 4.17. The molecule has 6 nitrogen and oxygen atoms in total. The maximum Gasteiger partial charge on any atom is 0.195 e. The quantitative estimate of drug-likeness (QED) is 0.394. The molecule has 1 aromatic rings. The fraction of sp³-hybridized carbons (Fsp3) is 0.333. The van der Waals surface area contributed by atoms with Gasteiger partial charge in [-0.15, -0.1) is 0 Å². The van der Waals surface area contributed by atoms with E-state index in [2.05, 4.69) is 20.3 Å². The summed E-state index contributed by atoms with van der Waals surface area (Å²) < 4.78 is 0. The largest absolute Gasteiger partial charge is 0.370 e. The van der Waals surface area contributed by atoms with Gasteiger partial charge in [-0.2, -0.15) is 0 Å². The highest BCUT2D eigenvalue weighted by Gasteiger charge is 1.94. The minimum Gasteiger partial charge on any atom is -0.370 e. The highest BCUT2D eigenvalue weighted by Crippen LogP contribution is 1.97. The molecule has 0 bridgehead atoms. The standard InChI is InChI=1S/C9H16N6/c1-12-8(10)15-9(11)14-5-3-7-2-4-13-6-7/h2,4,6,13H,3,5H2,1H3,(H5,10,11,12,14,15). The summed E-state index contributed by atoms with van der Waals surface area (Å²) in [6.07, 6.45) is 4.65. The van der Waals surface area contributed by atoms with Crippen LogP contribution in [0.3, 0.4) is 0 Å². The Hall–Kier alpha value is -1.98. The summed E-state index contributed by atoms with van der Waals surface area (Å²) in [5, 5.41) is 2.66. The van der Waals surface area contributed by atoms with E-state index in [1.807, 2.05) is 18.5 Å². The first kappa shape index (κ1) is 11.1. The van der Waals surface area contributed by atoms with Gasteiger partial charge in [0.25, 0.3) is 0 Å². The lowest BCUT2D eigenvalue weighted by Gasteiger charge is -2.02. The van der Waals surface area contributed by atoms with Crippen LogP contribution in [0.5, 0.6) is 0 Å². The minimum atomic E-state index is 0.262. The van der Waals surface area contributed by atoms with E-state index in [4.69, 9.17) is 11.5 Å². The lowest BCUT2D eigenvalue weighted by Crippen LogP contribution is -2.41. The molecule has 0 aliphatic rings. The van der Waals surface area contributed by atoms with Crippen molar-refractivity contribution in [1.82, 2.24) is 10.3 Å². The fourth-order valence-electron chi connectivity index (χ4n) is 1.05. The van der Waals surface area contributed by atoms with Crippen LogP contribution in [-0.2, 0) is 6.42 Å². The Labute approximate surface area is 88.5 Å². The summed E-state index contributed by atoms with van der Waals surface area (Å²) in [6, 6.07) is 2.00. The molecular formula is C9H16N6. The van der Waals surface area contributed by atoms with Gasteiger partial charge in [0, 0.05) is 26.0 Å². The molecule has 0 amide bonds. The molecule has 15 heavy (non-hydrogen) atoms. The van der Waals surface area contributed by atoms with E-state index in [9.17, 15) is 0 Å². The maximum absolute atomic E-state index is 5.56. The molecule has 0 aliphatic heterocycles. The first-order valence-electron chi connectivity index (χ1n) is 4.63. The van der Waals surface area contributed by atoms with Gasteiger partial charge in [-0.1, -0.05) is 0 Å². The molecule has 0 radical (unpaired) electrons. The molecule has 1 heterocycles. The van der Waals surface area contributed by atoms with Crippen LogP contribution in [0.2, 0.25) is 0 Å². The third-order valence-electron chi connectivity index (χ3n) is 1.84. The molecule has 0 fully saturated rings. The smallest absolute Gasteiger partial charge is 0.195 e. The van der Waals surface area contributed by atoms with Crippen LogP contribution in [0.25, 0.3) is 0 Å². The predicted molar refractivity (Wildman–Crippen MR) is 61.7 cm³/mol. The molecule has 0 saturated heterocycles. The summed E-state index contributed by atoms with van der Waals surface area (Å²) in [5.41, 5.74) is 12.2. The average molecular weight is 208 g/mol. The fourth-order valence-corrected chi connectivity index (χ4v) is 1.05. The van der Waals surface area contributed by atoms with E-state index >= 15 is 0 Å². The number of guanidine groups is 2. The topological polar surface area (TPSA) is 105 Å². The van der Waals surface area contributed by atoms with Crippen molar-refractivity contribution in [3.05, 3.63) is 24.0 Å². The van der Waals surface area contributed by atoms with Crippen LogP contribution in [0.15, 0.2) is 28.4 Å². The number of nitrogens with zero attached hydrogens (tertiary/aromatic N) is 2. The first-order valence-corrected chi connectivity index (χ1v) is 4.63. The van der Waals surface area contributed by atoms with E-state index in [0.29, 0.717) is 6.54 Å². The van der Waals surface area contributed by atoms with Crippen molar-refractivity contribution in [1.29, 1.82) is 0 Å². The molecule has 1 aromatic heterocycles. The van der Waals surface area contributed by atoms with Crippen molar-refractivity contribution in [3.8, 4) is 0 Å². The lowest BCUT2D eigenvalue weighted by atomic mass is 10.2. The Morgan fingerprint density at radius 2 is 2.27 bits per heavy atom. The van der Waals surface area contributed by atoms with Crippen LogP contribution in [0.1, 0.15) is 5.56 Å². The molecule has 0 spiro atoms. The number of aliphatic imine (C=N–C) groups is 2. The Bertz CT molecular complexity index is 337. The summed E-state index contributed by atoms with van der Waals surface area (Å²) in [4.78, 5) is 10.8. The second-order valence-electron chi connectivity index (χ2n) is 2.97. The van der Waals surface area contributed by atoms with Gasteiger partial charge in [0.2, 0.25) is 0 Å². The number of rotatable bonds is 3. The van der Waals surface area contributed by atoms with E-state index in [-0.39, 0.29) is 11.9 Å². The molecule has 82 valence electrons. The van der Waals surface area contributed by atoms with Crippen LogP contribution in [0.4, 0.5) is 0 Å². The van der Waals surface area contributed by atoms with Crippen molar-refractivity contribution in [2.75, 3.05) is 13.6 Å². The summed E-state index contributed by atoms with van der Waals surface area (Å²) in [7, 11) is 1.58. The van der Waals surface area contributed by atoms with Crippen molar-refractivity contribution in [2.24, 2.45) is 21.5 Å². The summed E-state index contributed by atoms with van der Waals surface area (Å²) in [6.45, 7) is 0.619. The molecule has 6 heteroatoms. The van der Waals surface area contributed by atoms with E-state index < -0.39 is 0 Å². The van der Waals surface area contributed by atoms with Crippen molar-refractivity contribution < 1.29 is 0 Å². The van der Waals surface area contributed by atoms with E-state index in [1.54, 1.807) is 7.05 Å². The van der Waals surface area contributed by atoms with Gasteiger partial charge in [-0.25, -0.2) is 0 Å². The van der Waals surface area contributed by atoms with Crippen LogP contribution < -0.4 is 16.8 Å². The van der Waals surface area contributed by atoms with Crippen molar-refractivity contribution in [3.63, 3.8) is 0 Å². The van der Waals surface area contributed by atoms with Gasteiger partial charge in [0.15, 0.2) is 11.9 Å². The zero-order valence-electron chi connectivity index (χ0n) is 8.70. The van der Waals surface area contributed by atoms with Gasteiger partial charge in [0.05, 0.1) is 0 Å². The molecule has 0 saturated carbocycles. The minimum absolute atomic E-state index is 0.262. The Balaban J connectivity index is 2.31. The van der Waals surface area contributed by atoms with Crippen molar-refractivity contribution >= 4 is 11.9 Å². The molecule has 6 N–H and O–H groups in total. The van der Waals surface area contributed by atoms with E-state index in [0.717, 1.165) is 6.42 Å². The predicted octanol–water partition coefficient (Wildman–Crippen LogP) is -0.594.